The number of alkyl halides is 3. The fourth-order valence-corrected chi connectivity index (χ4v) is 2.86. The van der Waals surface area contributed by atoms with Gasteiger partial charge in [0.15, 0.2) is 0 Å². The number of nitrogens with two attached hydrogens (primary N) is 1. The summed E-state index contributed by atoms with van der Waals surface area (Å²) in [4.78, 5) is 2.20. The zero-order valence-corrected chi connectivity index (χ0v) is 11.7. The highest BCUT2D eigenvalue weighted by atomic mass is 19.4. The molecule has 0 saturated carbocycles. The maximum atomic E-state index is 12.9. The van der Waals surface area contributed by atoms with E-state index in [0.717, 1.165) is 31.1 Å². The van der Waals surface area contributed by atoms with Crippen molar-refractivity contribution in [2.45, 2.75) is 51.4 Å². The van der Waals surface area contributed by atoms with Crippen LogP contribution in [0.5, 0.6) is 0 Å². The average molecular weight is 286 g/mol. The summed E-state index contributed by atoms with van der Waals surface area (Å²) in [7, 11) is 0. The molecule has 0 aliphatic carbocycles. The van der Waals surface area contributed by atoms with Gasteiger partial charge >= 0.3 is 6.18 Å². The van der Waals surface area contributed by atoms with Crippen LogP contribution in [0.2, 0.25) is 0 Å². The number of hydrogen-bond donors (Lipinski definition) is 1. The summed E-state index contributed by atoms with van der Waals surface area (Å²) >= 11 is 0. The van der Waals surface area contributed by atoms with Crippen molar-refractivity contribution in [2.75, 3.05) is 11.4 Å². The molecule has 1 aromatic rings. The molecular formula is C15H21F3N2. The van der Waals surface area contributed by atoms with E-state index < -0.39 is 11.7 Å². The van der Waals surface area contributed by atoms with Crippen LogP contribution < -0.4 is 10.6 Å². The lowest BCUT2D eigenvalue weighted by molar-refractivity contribution is -0.138. The van der Waals surface area contributed by atoms with Gasteiger partial charge < -0.3 is 10.6 Å². The molecule has 1 heterocycles. The predicted octanol–water partition coefficient (Wildman–Crippen LogP) is 3.93. The summed E-state index contributed by atoms with van der Waals surface area (Å²) in [6.07, 6.45) is 0.202. The second-order valence-corrected chi connectivity index (χ2v) is 5.44. The van der Waals surface area contributed by atoms with E-state index in [4.69, 9.17) is 5.73 Å². The minimum absolute atomic E-state index is 0.0924. The summed E-state index contributed by atoms with van der Waals surface area (Å²) in [5, 5.41) is 0. The highest BCUT2D eigenvalue weighted by Crippen LogP contribution is 2.35. The van der Waals surface area contributed by atoms with Crippen molar-refractivity contribution in [3.63, 3.8) is 0 Å². The second-order valence-electron chi connectivity index (χ2n) is 5.44. The molecule has 1 atom stereocenters. The third kappa shape index (κ3) is 3.26. The molecule has 1 unspecified atom stereocenters. The molecule has 0 aromatic heterocycles. The number of benzene rings is 1. The lowest BCUT2D eigenvalue weighted by Crippen LogP contribution is -2.32. The van der Waals surface area contributed by atoms with Gasteiger partial charge in [0.1, 0.15) is 0 Å². The lowest BCUT2D eigenvalue weighted by atomic mass is 10.0. The number of nitrogens with zero attached hydrogens (tertiary/aromatic N) is 1. The SMILES string of the molecule is CC1CCCCCN1c1ccc(C(F)(F)F)c(CN)c1. The molecule has 2 N–H and O–H groups in total. The smallest absolute Gasteiger partial charge is 0.369 e. The quantitative estimate of drug-likeness (QED) is 0.892. The average Bonchev–Trinajstić information content (AvgIpc) is 2.61. The van der Waals surface area contributed by atoms with Crippen LogP contribution in [0.4, 0.5) is 18.9 Å². The molecule has 2 nitrogen and oxygen atoms in total. The Morgan fingerprint density at radius 3 is 2.65 bits per heavy atom. The minimum atomic E-state index is -4.34. The van der Waals surface area contributed by atoms with Crippen LogP contribution >= 0.6 is 0 Å². The van der Waals surface area contributed by atoms with Gasteiger partial charge in [-0.2, -0.15) is 13.2 Å². The van der Waals surface area contributed by atoms with E-state index in [-0.39, 0.29) is 12.1 Å². The summed E-state index contributed by atoms with van der Waals surface area (Å²) in [5.41, 5.74) is 5.90. The monoisotopic (exact) mass is 286 g/mol. The third-order valence-corrected chi connectivity index (χ3v) is 4.00. The first-order valence-electron chi connectivity index (χ1n) is 7.10. The fraction of sp³-hybridized carbons (Fsp3) is 0.600. The predicted molar refractivity (Wildman–Crippen MR) is 74.6 cm³/mol. The fourth-order valence-electron chi connectivity index (χ4n) is 2.86. The van der Waals surface area contributed by atoms with Gasteiger partial charge in [-0.3, -0.25) is 0 Å². The molecule has 0 spiro atoms. The van der Waals surface area contributed by atoms with Gasteiger partial charge in [-0.05, 0) is 43.5 Å². The first-order valence-corrected chi connectivity index (χ1v) is 7.10. The maximum absolute atomic E-state index is 12.9. The Bertz CT molecular complexity index is 457. The van der Waals surface area contributed by atoms with E-state index in [1.54, 1.807) is 12.1 Å². The van der Waals surface area contributed by atoms with Gasteiger partial charge in [0.25, 0.3) is 0 Å². The molecule has 1 aliphatic rings. The number of halogens is 3. The van der Waals surface area contributed by atoms with Crippen molar-refractivity contribution in [3.05, 3.63) is 29.3 Å². The van der Waals surface area contributed by atoms with Gasteiger partial charge in [0.05, 0.1) is 5.56 Å². The Hall–Kier alpha value is -1.23. The highest BCUT2D eigenvalue weighted by Gasteiger charge is 2.33. The highest BCUT2D eigenvalue weighted by molar-refractivity contribution is 5.52. The van der Waals surface area contributed by atoms with Gasteiger partial charge in [-0.25, -0.2) is 0 Å². The summed E-state index contributed by atoms with van der Waals surface area (Å²) in [6.45, 7) is 2.94. The maximum Gasteiger partial charge on any atom is 0.416 e. The van der Waals surface area contributed by atoms with Gasteiger partial charge in [0.2, 0.25) is 0 Å². The van der Waals surface area contributed by atoms with E-state index in [1.165, 1.54) is 12.8 Å². The van der Waals surface area contributed by atoms with Crippen LogP contribution in [0, 0.1) is 0 Å². The molecule has 0 amide bonds. The number of hydrogen-bond acceptors (Lipinski definition) is 2. The van der Waals surface area contributed by atoms with Crippen molar-refractivity contribution in [3.8, 4) is 0 Å². The minimum Gasteiger partial charge on any atom is -0.369 e. The van der Waals surface area contributed by atoms with E-state index in [2.05, 4.69) is 11.8 Å². The summed E-state index contributed by atoms with van der Waals surface area (Å²) in [5.74, 6) is 0. The molecule has 2 rings (SSSR count). The molecule has 112 valence electrons. The first kappa shape index (κ1) is 15.2. The van der Waals surface area contributed by atoms with E-state index in [0.29, 0.717) is 6.04 Å². The summed E-state index contributed by atoms with van der Waals surface area (Å²) in [6, 6.07) is 4.70. The first-order chi connectivity index (χ1) is 9.43. The molecule has 1 fully saturated rings. The Labute approximate surface area is 117 Å². The number of rotatable bonds is 2. The molecule has 1 saturated heterocycles. The molecule has 1 aromatic carbocycles. The lowest BCUT2D eigenvalue weighted by Gasteiger charge is -2.30. The van der Waals surface area contributed by atoms with Gasteiger partial charge in [-0.1, -0.05) is 12.8 Å². The second kappa shape index (κ2) is 6.04. The van der Waals surface area contributed by atoms with Crippen molar-refractivity contribution in [2.24, 2.45) is 5.73 Å². The topological polar surface area (TPSA) is 29.3 Å². The standard InChI is InChI=1S/C15H21F3N2/c1-11-5-3-2-4-8-20(11)13-6-7-14(15(16,17)18)12(9-13)10-19/h6-7,9,11H,2-5,8,10,19H2,1H3. The van der Waals surface area contributed by atoms with E-state index in [9.17, 15) is 13.2 Å². The van der Waals surface area contributed by atoms with Crippen LogP contribution in [-0.2, 0) is 12.7 Å². The number of anilines is 1. The molecular weight excluding hydrogens is 265 g/mol. The van der Waals surface area contributed by atoms with Gasteiger partial charge in [0, 0.05) is 24.8 Å². The van der Waals surface area contributed by atoms with Crippen molar-refractivity contribution in [1.29, 1.82) is 0 Å². The molecule has 5 heteroatoms. The molecule has 0 radical (unpaired) electrons. The van der Waals surface area contributed by atoms with Crippen LogP contribution in [0.1, 0.15) is 43.7 Å². The Balaban J connectivity index is 2.33. The normalized spacial score (nSPS) is 20.9. The Morgan fingerprint density at radius 2 is 2.00 bits per heavy atom. The molecule has 0 bridgehead atoms. The van der Waals surface area contributed by atoms with Crippen molar-refractivity contribution in [1.82, 2.24) is 0 Å². The van der Waals surface area contributed by atoms with E-state index in [1.807, 2.05) is 0 Å². The van der Waals surface area contributed by atoms with Crippen LogP contribution in [0.3, 0.4) is 0 Å². The zero-order chi connectivity index (χ0) is 14.8. The zero-order valence-electron chi connectivity index (χ0n) is 11.7. The van der Waals surface area contributed by atoms with Crippen molar-refractivity contribution < 1.29 is 13.2 Å². The Kier molecular flexibility index (Phi) is 4.58. The summed E-state index contributed by atoms with van der Waals surface area (Å²) < 4.78 is 38.6. The van der Waals surface area contributed by atoms with Crippen molar-refractivity contribution >= 4 is 5.69 Å². The third-order valence-electron chi connectivity index (χ3n) is 4.00. The molecule has 1 aliphatic heterocycles. The van der Waals surface area contributed by atoms with Gasteiger partial charge in [-0.15, -0.1) is 0 Å². The Morgan fingerprint density at radius 1 is 1.25 bits per heavy atom. The van der Waals surface area contributed by atoms with Crippen LogP contribution in [-0.4, -0.2) is 12.6 Å². The molecule has 20 heavy (non-hydrogen) atoms. The van der Waals surface area contributed by atoms with Crippen LogP contribution in [0.25, 0.3) is 0 Å². The largest absolute Gasteiger partial charge is 0.416 e. The van der Waals surface area contributed by atoms with Crippen LogP contribution in [0.15, 0.2) is 18.2 Å². The van der Waals surface area contributed by atoms with E-state index >= 15 is 0 Å².